The van der Waals surface area contributed by atoms with Gasteiger partial charge in [-0.3, -0.25) is 9.59 Å². The summed E-state index contributed by atoms with van der Waals surface area (Å²) < 4.78 is 0. The highest BCUT2D eigenvalue weighted by Crippen LogP contribution is 2.25. The Morgan fingerprint density at radius 1 is 1.10 bits per heavy atom. The van der Waals surface area contributed by atoms with Gasteiger partial charge in [-0.25, -0.2) is 0 Å². The molecule has 1 N–H and O–H groups in total. The van der Waals surface area contributed by atoms with Gasteiger partial charge < -0.3 is 10.2 Å². The number of hydrogen-bond donors (Lipinski definition) is 1. The first-order chi connectivity index (χ1) is 14.5. The molecule has 0 aromatic heterocycles. The number of aryl methyl sites for hydroxylation is 1. The molecule has 1 unspecified atom stereocenters. The van der Waals surface area contributed by atoms with Gasteiger partial charge >= 0.3 is 0 Å². The normalized spacial score (nSPS) is 12.4. The average molecular weight is 481 g/mol. The minimum atomic E-state index is -0.590. The molecule has 2 aromatic carbocycles. The average Bonchev–Trinajstić information content (AvgIpc) is 2.67. The number of hydrogen-bond acceptors (Lipinski definition) is 3. The first-order valence-corrected chi connectivity index (χ1v) is 12.1. The summed E-state index contributed by atoms with van der Waals surface area (Å²) >= 11 is 13.7. The molecule has 0 saturated carbocycles. The standard InChI is InChI=1S/C24H30Cl2N2O2S/c1-16-6-8-18(9-7-16)13-28(17(2)23(30)27-24(3,4)5)22(29)15-31-14-19-10-11-20(25)12-21(19)26/h6-12,17H,13-15H2,1-5H3,(H,27,30). The summed E-state index contributed by atoms with van der Waals surface area (Å²) in [7, 11) is 0. The smallest absolute Gasteiger partial charge is 0.242 e. The lowest BCUT2D eigenvalue weighted by molar-refractivity contribution is -0.139. The zero-order chi connectivity index (χ0) is 23.2. The van der Waals surface area contributed by atoms with Gasteiger partial charge in [-0.1, -0.05) is 59.1 Å². The maximum Gasteiger partial charge on any atom is 0.242 e. The second-order valence-electron chi connectivity index (χ2n) is 8.65. The number of rotatable bonds is 8. The number of thioether (sulfide) groups is 1. The number of halogens is 2. The molecular formula is C24H30Cl2N2O2S. The zero-order valence-corrected chi connectivity index (χ0v) is 21.0. The highest BCUT2D eigenvalue weighted by Gasteiger charge is 2.28. The Labute approximate surface area is 199 Å². The number of amides is 2. The van der Waals surface area contributed by atoms with Crippen LogP contribution in [-0.4, -0.2) is 34.0 Å². The van der Waals surface area contributed by atoms with Crippen molar-refractivity contribution >= 4 is 46.8 Å². The van der Waals surface area contributed by atoms with E-state index in [0.717, 1.165) is 16.7 Å². The second-order valence-corrected chi connectivity index (χ2v) is 10.5. The van der Waals surface area contributed by atoms with Crippen LogP contribution >= 0.6 is 35.0 Å². The van der Waals surface area contributed by atoms with Crippen molar-refractivity contribution in [2.75, 3.05) is 5.75 Å². The molecule has 0 spiro atoms. The Balaban J connectivity index is 2.10. The maximum absolute atomic E-state index is 13.1. The van der Waals surface area contributed by atoms with E-state index in [1.54, 1.807) is 24.0 Å². The number of carbonyl (C=O) groups excluding carboxylic acids is 2. The third kappa shape index (κ3) is 8.40. The van der Waals surface area contributed by atoms with Crippen molar-refractivity contribution in [2.24, 2.45) is 0 Å². The zero-order valence-electron chi connectivity index (χ0n) is 18.7. The van der Waals surface area contributed by atoms with Gasteiger partial charge in [-0.15, -0.1) is 11.8 Å². The highest BCUT2D eigenvalue weighted by molar-refractivity contribution is 7.99. The number of nitrogens with zero attached hydrogens (tertiary/aromatic N) is 1. The van der Waals surface area contributed by atoms with E-state index in [9.17, 15) is 9.59 Å². The highest BCUT2D eigenvalue weighted by atomic mass is 35.5. The van der Waals surface area contributed by atoms with Gasteiger partial charge in [0.15, 0.2) is 0 Å². The predicted molar refractivity (Wildman–Crippen MR) is 132 cm³/mol. The molecule has 0 radical (unpaired) electrons. The molecule has 0 heterocycles. The molecule has 168 valence electrons. The van der Waals surface area contributed by atoms with Crippen molar-refractivity contribution in [1.29, 1.82) is 0 Å². The molecule has 7 heteroatoms. The number of benzene rings is 2. The van der Waals surface area contributed by atoms with Crippen molar-refractivity contribution in [2.45, 2.75) is 58.5 Å². The molecule has 0 aliphatic heterocycles. The molecule has 0 bridgehead atoms. The summed E-state index contributed by atoms with van der Waals surface area (Å²) in [6, 6.07) is 12.8. The van der Waals surface area contributed by atoms with Gasteiger partial charge in [0, 0.05) is 27.9 Å². The van der Waals surface area contributed by atoms with Crippen LogP contribution < -0.4 is 5.32 Å². The van der Waals surface area contributed by atoms with Gasteiger partial charge in [0.1, 0.15) is 6.04 Å². The molecule has 0 aliphatic rings. The van der Waals surface area contributed by atoms with Gasteiger partial charge in [0.2, 0.25) is 11.8 Å². The fourth-order valence-corrected chi connectivity index (χ4v) is 4.39. The van der Waals surface area contributed by atoms with Crippen molar-refractivity contribution in [3.63, 3.8) is 0 Å². The van der Waals surface area contributed by atoms with Crippen molar-refractivity contribution in [3.8, 4) is 0 Å². The molecule has 1 atom stereocenters. The molecule has 2 amide bonds. The maximum atomic E-state index is 13.1. The van der Waals surface area contributed by atoms with Crippen LogP contribution in [0.2, 0.25) is 10.0 Å². The minimum Gasteiger partial charge on any atom is -0.350 e. The summed E-state index contributed by atoms with van der Waals surface area (Å²) in [4.78, 5) is 27.5. The molecule has 2 aromatic rings. The Hall–Kier alpha value is -1.69. The Morgan fingerprint density at radius 3 is 2.32 bits per heavy atom. The molecular weight excluding hydrogens is 451 g/mol. The third-order valence-electron chi connectivity index (χ3n) is 4.64. The largest absolute Gasteiger partial charge is 0.350 e. The molecule has 0 fully saturated rings. The Bertz CT molecular complexity index is 911. The molecule has 4 nitrogen and oxygen atoms in total. The van der Waals surface area contributed by atoms with Gasteiger partial charge in [-0.2, -0.15) is 0 Å². The van der Waals surface area contributed by atoms with Crippen molar-refractivity contribution in [1.82, 2.24) is 10.2 Å². The van der Waals surface area contributed by atoms with Gasteiger partial charge in [0.25, 0.3) is 0 Å². The summed E-state index contributed by atoms with van der Waals surface area (Å²) in [5.41, 5.74) is 2.69. The molecule has 0 saturated heterocycles. The van der Waals surface area contributed by atoms with E-state index >= 15 is 0 Å². The number of nitrogens with one attached hydrogen (secondary N) is 1. The first kappa shape index (κ1) is 25.6. The summed E-state index contributed by atoms with van der Waals surface area (Å²) in [6.45, 7) is 9.94. The lowest BCUT2D eigenvalue weighted by Gasteiger charge is -2.31. The third-order valence-corrected chi connectivity index (χ3v) is 6.19. The van der Waals surface area contributed by atoms with E-state index in [1.165, 1.54) is 11.8 Å². The molecule has 2 rings (SSSR count). The second kappa shape index (κ2) is 11.3. The summed E-state index contributed by atoms with van der Waals surface area (Å²) in [6.07, 6.45) is 0. The van der Waals surface area contributed by atoms with Crippen LogP contribution in [0.4, 0.5) is 0 Å². The van der Waals surface area contributed by atoms with E-state index in [0.29, 0.717) is 22.3 Å². The van der Waals surface area contributed by atoms with Crippen LogP contribution in [0.3, 0.4) is 0 Å². The summed E-state index contributed by atoms with van der Waals surface area (Å²) in [5, 5.41) is 4.14. The van der Waals surface area contributed by atoms with E-state index in [1.807, 2.05) is 58.0 Å². The summed E-state index contributed by atoms with van der Waals surface area (Å²) in [5.74, 6) is 0.576. The Kier molecular flexibility index (Phi) is 9.28. The topological polar surface area (TPSA) is 49.4 Å². The lowest BCUT2D eigenvalue weighted by atomic mass is 10.1. The van der Waals surface area contributed by atoms with Crippen LogP contribution in [0, 0.1) is 6.92 Å². The van der Waals surface area contributed by atoms with Crippen LogP contribution in [0.25, 0.3) is 0 Å². The van der Waals surface area contributed by atoms with Gasteiger partial charge in [-0.05, 0) is 57.9 Å². The quantitative estimate of drug-likeness (QED) is 0.513. The van der Waals surface area contributed by atoms with Gasteiger partial charge in [0.05, 0.1) is 5.75 Å². The molecule has 31 heavy (non-hydrogen) atoms. The van der Waals surface area contributed by atoms with E-state index in [-0.39, 0.29) is 23.1 Å². The van der Waals surface area contributed by atoms with E-state index in [2.05, 4.69) is 5.32 Å². The Morgan fingerprint density at radius 2 is 1.74 bits per heavy atom. The number of carbonyl (C=O) groups is 2. The minimum absolute atomic E-state index is 0.0905. The van der Waals surface area contributed by atoms with Crippen LogP contribution in [0.1, 0.15) is 44.4 Å². The van der Waals surface area contributed by atoms with Crippen LogP contribution in [0.5, 0.6) is 0 Å². The fraction of sp³-hybridized carbons (Fsp3) is 0.417. The lowest BCUT2D eigenvalue weighted by Crippen LogP contribution is -2.52. The van der Waals surface area contributed by atoms with Crippen LogP contribution in [-0.2, 0) is 21.9 Å². The van der Waals surface area contributed by atoms with E-state index < -0.39 is 6.04 Å². The van der Waals surface area contributed by atoms with Crippen molar-refractivity contribution < 1.29 is 9.59 Å². The monoisotopic (exact) mass is 480 g/mol. The predicted octanol–water partition coefficient (Wildman–Crippen LogP) is 5.87. The first-order valence-electron chi connectivity index (χ1n) is 10.1. The SMILES string of the molecule is Cc1ccc(CN(C(=O)CSCc2ccc(Cl)cc2Cl)C(C)C(=O)NC(C)(C)C)cc1. The van der Waals surface area contributed by atoms with Crippen molar-refractivity contribution in [3.05, 3.63) is 69.2 Å². The van der Waals surface area contributed by atoms with E-state index in [4.69, 9.17) is 23.2 Å². The van der Waals surface area contributed by atoms with Crippen LogP contribution in [0.15, 0.2) is 42.5 Å². The molecule has 0 aliphatic carbocycles. The fourth-order valence-electron chi connectivity index (χ4n) is 2.92.